The first-order chi connectivity index (χ1) is 11.0. The number of carbonyl (C=O) groups is 2. The number of rotatable bonds is 4. The van der Waals surface area contributed by atoms with Gasteiger partial charge in [0.05, 0.1) is 12.5 Å². The Bertz CT molecular complexity index is 651. The largest absolute Gasteiger partial charge is 0.465 e. The highest BCUT2D eigenvalue weighted by atomic mass is 79.9. The normalized spacial score (nSPS) is 28.7. The van der Waals surface area contributed by atoms with Crippen LogP contribution in [0.3, 0.4) is 0 Å². The number of alkyl halides is 1. The Morgan fingerprint density at radius 2 is 2.30 bits per heavy atom. The zero-order valence-electron chi connectivity index (χ0n) is 12.9. The fraction of sp³-hybridized carbons (Fsp3) is 0.529. The highest BCUT2D eigenvalue weighted by Crippen LogP contribution is 2.54. The van der Waals surface area contributed by atoms with Crippen LogP contribution in [-0.2, 0) is 14.3 Å². The van der Waals surface area contributed by atoms with Crippen molar-refractivity contribution in [1.82, 2.24) is 0 Å². The number of halogens is 2. The molecule has 6 heteroatoms. The minimum atomic E-state index is -2.04. The summed E-state index contributed by atoms with van der Waals surface area (Å²) < 4.78 is 21.4. The Morgan fingerprint density at radius 1 is 1.52 bits per heavy atom. The van der Waals surface area contributed by atoms with Gasteiger partial charge in [-0.1, -0.05) is 29.3 Å². The average molecular weight is 384 g/mol. The molecule has 3 atom stereocenters. The molecule has 0 aromatic heterocycles. The molecule has 1 amide bonds. The van der Waals surface area contributed by atoms with Gasteiger partial charge in [-0.05, 0) is 43.0 Å². The predicted molar refractivity (Wildman–Crippen MR) is 87.9 cm³/mol. The van der Waals surface area contributed by atoms with Crippen LogP contribution in [0.2, 0.25) is 0 Å². The number of anilines is 1. The second kappa shape index (κ2) is 6.23. The molecule has 1 aromatic carbocycles. The molecular formula is C17H19BrFNO3. The molecule has 4 nitrogen and oxygen atoms in total. The van der Waals surface area contributed by atoms with Crippen molar-refractivity contribution in [3.8, 4) is 0 Å². The van der Waals surface area contributed by atoms with Crippen LogP contribution >= 0.6 is 15.9 Å². The van der Waals surface area contributed by atoms with E-state index in [1.165, 1.54) is 0 Å². The molecule has 3 rings (SSSR count). The molecule has 1 aliphatic heterocycles. The summed E-state index contributed by atoms with van der Waals surface area (Å²) in [6, 6.07) is 5.30. The number of unbranched alkanes of at least 4 members (excludes halogenated alkanes) is 1. The van der Waals surface area contributed by atoms with Crippen molar-refractivity contribution in [3.63, 3.8) is 0 Å². The summed E-state index contributed by atoms with van der Waals surface area (Å²) in [6.07, 6.45) is 2.08. The Labute approximate surface area is 142 Å². The third-order valence-corrected chi connectivity index (χ3v) is 5.23. The first-order valence-electron chi connectivity index (χ1n) is 7.94. The maximum atomic E-state index is 15.3. The van der Waals surface area contributed by atoms with Crippen molar-refractivity contribution >= 4 is 33.5 Å². The van der Waals surface area contributed by atoms with Crippen molar-refractivity contribution in [1.29, 1.82) is 0 Å². The van der Waals surface area contributed by atoms with Crippen molar-refractivity contribution in [2.45, 2.75) is 44.2 Å². The lowest BCUT2D eigenvalue weighted by atomic mass is 9.77. The Balaban J connectivity index is 1.94. The van der Waals surface area contributed by atoms with Crippen LogP contribution in [0, 0.1) is 5.92 Å². The number of amides is 1. The van der Waals surface area contributed by atoms with Gasteiger partial charge in [0.15, 0.2) is 5.67 Å². The number of benzene rings is 1. The average Bonchev–Trinajstić information content (AvgIpc) is 2.88. The van der Waals surface area contributed by atoms with Crippen LogP contribution in [0.4, 0.5) is 10.1 Å². The van der Waals surface area contributed by atoms with Gasteiger partial charge >= 0.3 is 5.97 Å². The summed E-state index contributed by atoms with van der Waals surface area (Å²) in [4.78, 5) is 24.6. The molecular weight excluding hydrogens is 365 g/mol. The molecule has 0 spiro atoms. The van der Waals surface area contributed by atoms with E-state index in [1.807, 2.05) is 6.92 Å². The van der Waals surface area contributed by atoms with Crippen LogP contribution in [0.15, 0.2) is 22.7 Å². The van der Waals surface area contributed by atoms with E-state index < -0.39 is 29.4 Å². The molecule has 1 heterocycles. The van der Waals surface area contributed by atoms with Gasteiger partial charge in [0.2, 0.25) is 0 Å². The van der Waals surface area contributed by atoms with Crippen LogP contribution < -0.4 is 5.32 Å². The third kappa shape index (κ3) is 2.77. The summed E-state index contributed by atoms with van der Waals surface area (Å²) >= 11 is 3.38. The van der Waals surface area contributed by atoms with E-state index in [-0.39, 0.29) is 6.42 Å². The van der Waals surface area contributed by atoms with Gasteiger partial charge in [-0.2, -0.15) is 0 Å². The van der Waals surface area contributed by atoms with Crippen molar-refractivity contribution in [2.24, 2.45) is 5.92 Å². The van der Waals surface area contributed by atoms with Crippen molar-refractivity contribution in [2.75, 3.05) is 11.9 Å². The van der Waals surface area contributed by atoms with Crippen LogP contribution in [0.5, 0.6) is 0 Å². The van der Waals surface area contributed by atoms with E-state index in [0.29, 0.717) is 24.3 Å². The van der Waals surface area contributed by atoms with Crippen LogP contribution in [0.1, 0.15) is 44.1 Å². The monoisotopic (exact) mass is 383 g/mol. The molecule has 1 N–H and O–H groups in total. The number of ether oxygens (including phenoxy) is 1. The number of carbonyl (C=O) groups excluding carboxylic acids is 2. The number of hydrogen-bond donors (Lipinski definition) is 1. The van der Waals surface area contributed by atoms with Crippen molar-refractivity contribution < 1.29 is 18.7 Å². The Morgan fingerprint density at radius 3 is 3.04 bits per heavy atom. The molecule has 124 valence electrons. The Kier molecular flexibility index (Phi) is 4.45. The minimum absolute atomic E-state index is 0.0446. The zero-order chi connectivity index (χ0) is 16.6. The molecule has 1 saturated carbocycles. The minimum Gasteiger partial charge on any atom is -0.465 e. The third-order valence-electron chi connectivity index (χ3n) is 4.73. The number of nitrogens with one attached hydrogen (secondary N) is 1. The maximum Gasteiger partial charge on any atom is 0.309 e. The first-order valence-corrected chi connectivity index (χ1v) is 8.73. The molecule has 0 radical (unpaired) electrons. The molecule has 1 aliphatic carbocycles. The van der Waals surface area contributed by atoms with Crippen LogP contribution in [0.25, 0.3) is 0 Å². The van der Waals surface area contributed by atoms with E-state index in [1.54, 1.807) is 18.2 Å². The van der Waals surface area contributed by atoms with E-state index in [4.69, 9.17) is 4.74 Å². The van der Waals surface area contributed by atoms with Gasteiger partial charge in [0.25, 0.3) is 5.91 Å². The lowest BCUT2D eigenvalue weighted by molar-refractivity contribution is -0.149. The fourth-order valence-corrected chi connectivity index (χ4v) is 3.91. The van der Waals surface area contributed by atoms with Gasteiger partial charge in [-0.25, -0.2) is 4.39 Å². The molecule has 1 aromatic rings. The number of fused-ring (bicyclic) bond motifs is 3. The van der Waals surface area contributed by atoms with Gasteiger partial charge in [0.1, 0.15) is 0 Å². The summed E-state index contributed by atoms with van der Waals surface area (Å²) in [6.45, 7) is 2.35. The molecule has 2 aliphatic rings. The second-order valence-electron chi connectivity index (χ2n) is 6.19. The number of hydrogen-bond acceptors (Lipinski definition) is 3. The summed E-state index contributed by atoms with van der Waals surface area (Å²) in [5.74, 6) is -2.45. The maximum absolute atomic E-state index is 15.3. The van der Waals surface area contributed by atoms with E-state index in [0.717, 1.165) is 17.3 Å². The van der Waals surface area contributed by atoms with E-state index >= 15 is 4.39 Å². The van der Waals surface area contributed by atoms with Gasteiger partial charge in [0, 0.05) is 16.1 Å². The van der Waals surface area contributed by atoms with Crippen molar-refractivity contribution in [3.05, 3.63) is 28.2 Å². The highest BCUT2D eigenvalue weighted by molar-refractivity contribution is 9.10. The molecule has 0 saturated heterocycles. The van der Waals surface area contributed by atoms with Gasteiger partial charge in [-0.3, -0.25) is 9.59 Å². The van der Waals surface area contributed by atoms with Crippen LogP contribution in [-0.4, -0.2) is 24.2 Å². The molecule has 1 fully saturated rings. The van der Waals surface area contributed by atoms with E-state index in [2.05, 4.69) is 21.2 Å². The zero-order valence-corrected chi connectivity index (χ0v) is 14.5. The number of esters is 1. The quantitative estimate of drug-likeness (QED) is 0.632. The predicted octanol–water partition coefficient (Wildman–Crippen LogP) is 3.95. The lowest BCUT2D eigenvalue weighted by Crippen LogP contribution is -2.46. The SMILES string of the molecule is CCCCOC(=O)C1CCC2(F)C(=O)Nc3ccc(Br)cc3C12. The summed E-state index contributed by atoms with van der Waals surface area (Å²) in [5, 5.41) is 2.62. The summed E-state index contributed by atoms with van der Waals surface area (Å²) in [7, 11) is 0. The molecule has 23 heavy (non-hydrogen) atoms. The first kappa shape index (κ1) is 16.4. The second-order valence-corrected chi connectivity index (χ2v) is 7.11. The smallest absolute Gasteiger partial charge is 0.309 e. The van der Waals surface area contributed by atoms with Gasteiger partial charge in [-0.15, -0.1) is 0 Å². The highest BCUT2D eigenvalue weighted by Gasteiger charge is 2.60. The molecule has 0 bridgehead atoms. The fourth-order valence-electron chi connectivity index (χ4n) is 3.53. The van der Waals surface area contributed by atoms with E-state index in [9.17, 15) is 9.59 Å². The van der Waals surface area contributed by atoms with Gasteiger partial charge < -0.3 is 10.1 Å². The topological polar surface area (TPSA) is 55.4 Å². The summed E-state index contributed by atoms with van der Waals surface area (Å²) in [5.41, 5.74) is -0.802. The lowest BCUT2D eigenvalue weighted by Gasteiger charge is -2.35. The Hall–Kier alpha value is -1.43. The standard InChI is InChI=1S/C17H19BrFNO3/c1-2-3-8-23-15(21)11-6-7-17(19)14(11)12-9-10(18)4-5-13(12)20-16(17)22/h4-5,9,11,14H,2-3,6-8H2,1H3,(H,20,22). The molecule has 3 unspecified atom stereocenters.